The van der Waals surface area contributed by atoms with Crippen molar-refractivity contribution in [2.45, 2.75) is 25.9 Å². The molecule has 0 spiro atoms. The molecule has 9 heteroatoms. The van der Waals surface area contributed by atoms with E-state index >= 15 is 0 Å². The van der Waals surface area contributed by atoms with Gasteiger partial charge in [0.25, 0.3) is 0 Å². The van der Waals surface area contributed by atoms with Gasteiger partial charge >= 0.3 is 18.2 Å². The van der Waals surface area contributed by atoms with Crippen molar-refractivity contribution in [2.75, 3.05) is 32.8 Å². The van der Waals surface area contributed by atoms with Crippen LogP contribution in [0, 0.1) is 5.41 Å². The lowest BCUT2D eigenvalue weighted by Crippen LogP contribution is -2.51. The number of nitrogens with zero attached hydrogens (tertiary/aromatic N) is 1. The second kappa shape index (κ2) is 6.97. The molecular formula is C12H19F3N2O4. The molecule has 0 radical (unpaired) electrons. The van der Waals surface area contributed by atoms with E-state index in [9.17, 15) is 27.9 Å². The van der Waals surface area contributed by atoms with Gasteiger partial charge < -0.3 is 20.1 Å². The maximum Gasteiger partial charge on any atom is 0.406 e. The van der Waals surface area contributed by atoms with Crippen LogP contribution in [0.2, 0.25) is 0 Å². The Bertz CT molecular complexity index is 381. The van der Waals surface area contributed by atoms with Gasteiger partial charge in [-0.2, -0.15) is 13.2 Å². The maximum atomic E-state index is 12.3. The number of hydrogen-bond donors (Lipinski definition) is 2. The number of ether oxygens (including phenoxy) is 1. The lowest BCUT2D eigenvalue weighted by molar-refractivity contribution is -0.154. The van der Waals surface area contributed by atoms with Gasteiger partial charge in [-0.05, 0) is 19.8 Å². The Morgan fingerprint density at radius 1 is 1.33 bits per heavy atom. The molecule has 0 atom stereocenters. The number of amides is 2. The fourth-order valence-electron chi connectivity index (χ4n) is 2.13. The Morgan fingerprint density at radius 3 is 2.33 bits per heavy atom. The van der Waals surface area contributed by atoms with Crippen LogP contribution >= 0.6 is 0 Å². The quantitative estimate of drug-likeness (QED) is 0.805. The maximum absolute atomic E-state index is 12.3. The minimum atomic E-state index is -4.49. The highest BCUT2D eigenvalue weighted by atomic mass is 19.4. The molecule has 1 aliphatic rings. The highest BCUT2D eigenvalue weighted by Crippen LogP contribution is 2.30. The van der Waals surface area contributed by atoms with Crippen molar-refractivity contribution in [3.63, 3.8) is 0 Å². The van der Waals surface area contributed by atoms with Crippen molar-refractivity contribution < 1.29 is 32.6 Å². The SMILES string of the molecule is CCN(CC(F)(F)F)C(=O)NCC1(C(=O)O)CCOCC1. The van der Waals surface area contributed by atoms with Gasteiger partial charge in [-0.3, -0.25) is 4.79 Å². The highest BCUT2D eigenvalue weighted by molar-refractivity contribution is 5.78. The third kappa shape index (κ3) is 5.07. The summed E-state index contributed by atoms with van der Waals surface area (Å²) < 4.78 is 42.0. The summed E-state index contributed by atoms with van der Waals surface area (Å²) in [4.78, 5) is 23.7. The van der Waals surface area contributed by atoms with Crippen LogP contribution in [0.4, 0.5) is 18.0 Å². The number of carbonyl (C=O) groups is 2. The Hall–Kier alpha value is -1.51. The number of carboxylic acid groups (broad SMARTS) is 1. The molecule has 0 bridgehead atoms. The van der Waals surface area contributed by atoms with Crippen LogP contribution in [0.1, 0.15) is 19.8 Å². The average Bonchev–Trinajstić information content (AvgIpc) is 2.42. The molecule has 1 saturated heterocycles. The van der Waals surface area contributed by atoms with Crippen molar-refractivity contribution in [3.05, 3.63) is 0 Å². The first-order chi connectivity index (χ1) is 9.70. The molecular weight excluding hydrogens is 293 g/mol. The summed E-state index contributed by atoms with van der Waals surface area (Å²) in [6, 6.07) is -0.915. The second-order valence-electron chi connectivity index (χ2n) is 4.99. The third-order valence-corrected chi connectivity index (χ3v) is 3.52. The topological polar surface area (TPSA) is 78.9 Å². The summed E-state index contributed by atoms with van der Waals surface area (Å²) in [6.45, 7) is 0.239. The summed E-state index contributed by atoms with van der Waals surface area (Å²) in [5.41, 5.74) is -1.18. The summed E-state index contributed by atoms with van der Waals surface area (Å²) in [6.07, 6.45) is -4.06. The zero-order valence-electron chi connectivity index (χ0n) is 11.7. The van der Waals surface area contributed by atoms with Crippen LogP contribution in [-0.4, -0.2) is 61.0 Å². The minimum Gasteiger partial charge on any atom is -0.481 e. The van der Waals surface area contributed by atoms with E-state index in [1.165, 1.54) is 6.92 Å². The molecule has 0 aromatic rings. The molecule has 21 heavy (non-hydrogen) atoms. The van der Waals surface area contributed by atoms with Crippen molar-refractivity contribution in [1.29, 1.82) is 0 Å². The third-order valence-electron chi connectivity index (χ3n) is 3.52. The van der Waals surface area contributed by atoms with Crippen LogP contribution in [0.3, 0.4) is 0 Å². The lowest BCUT2D eigenvalue weighted by atomic mass is 9.80. The minimum absolute atomic E-state index is 0.117. The molecule has 0 saturated carbocycles. The molecule has 0 unspecified atom stereocenters. The fourth-order valence-corrected chi connectivity index (χ4v) is 2.13. The van der Waals surface area contributed by atoms with Gasteiger partial charge in [-0.25, -0.2) is 4.79 Å². The fraction of sp³-hybridized carbons (Fsp3) is 0.833. The standard InChI is InChI=1S/C12H19F3N2O4/c1-2-17(8-12(13,14)15)10(20)16-7-11(9(18)19)3-5-21-6-4-11/h2-8H2,1H3,(H,16,20)(H,18,19). The largest absolute Gasteiger partial charge is 0.481 e. The number of alkyl halides is 3. The predicted octanol–water partition coefficient (Wildman–Crippen LogP) is 1.46. The molecule has 0 aromatic heterocycles. The Balaban J connectivity index is 2.62. The van der Waals surface area contributed by atoms with Gasteiger partial charge in [0, 0.05) is 26.3 Å². The normalized spacial score (nSPS) is 18.1. The van der Waals surface area contributed by atoms with Crippen molar-refractivity contribution in [2.24, 2.45) is 5.41 Å². The highest BCUT2D eigenvalue weighted by Gasteiger charge is 2.41. The van der Waals surface area contributed by atoms with E-state index in [1.807, 2.05) is 0 Å². The lowest BCUT2D eigenvalue weighted by Gasteiger charge is -2.34. The van der Waals surface area contributed by atoms with Crippen molar-refractivity contribution in [1.82, 2.24) is 10.2 Å². The van der Waals surface area contributed by atoms with E-state index in [0.717, 1.165) is 0 Å². The van der Waals surface area contributed by atoms with Gasteiger partial charge in [0.2, 0.25) is 0 Å². The van der Waals surface area contributed by atoms with Gasteiger partial charge in [0.05, 0.1) is 5.41 Å². The van der Waals surface area contributed by atoms with E-state index in [1.54, 1.807) is 0 Å². The summed E-state index contributed by atoms with van der Waals surface area (Å²) >= 11 is 0. The first kappa shape index (κ1) is 17.5. The van der Waals surface area contributed by atoms with E-state index in [4.69, 9.17) is 4.74 Å². The number of halogens is 3. The molecule has 122 valence electrons. The molecule has 1 fully saturated rings. The van der Waals surface area contributed by atoms with Gasteiger partial charge in [-0.1, -0.05) is 0 Å². The van der Waals surface area contributed by atoms with Gasteiger partial charge in [0.15, 0.2) is 0 Å². The number of carboxylic acids is 1. The van der Waals surface area contributed by atoms with Crippen LogP contribution < -0.4 is 5.32 Å². The number of rotatable bonds is 5. The summed E-state index contributed by atoms with van der Waals surface area (Å²) in [5, 5.41) is 11.6. The number of carbonyl (C=O) groups excluding carboxylic acids is 1. The average molecular weight is 312 g/mol. The number of urea groups is 1. The Morgan fingerprint density at radius 2 is 1.90 bits per heavy atom. The van der Waals surface area contributed by atoms with Crippen LogP contribution in [-0.2, 0) is 9.53 Å². The molecule has 2 amide bonds. The van der Waals surface area contributed by atoms with Gasteiger partial charge in [-0.15, -0.1) is 0 Å². The number of hydrogen-bond acceptors (Lipinski definition) is 3. The van der Waals surface area contributed by atoms with E-state index in [-0.39, 0.29) is 39.1 Å². The molecule has 1 aliphatic heterocycles. The Labute approximate surface area is 120 Å². The van der Waals surface area contributed by atoms with Crippen molar-refractivity contribution in [3.8, 4) is 0 Å². The molecule has 1 heterocycles. The van der Waals surface area contributed by atoms with Gasteiger partial charge in [0.1, 0.15) is 6.54 Å². The predicted molar refractivity (Wildman–Crippen MR) is 66.8 cm³/mol. The number of aliphatic carboxylic acids is 1. The first-order valence-electron chi connectivity index (χ1n) is 6.61. The van der Waals surface area contributed by atoms with E-state index < -0.39 is 30.1 Å². The smallest absolute Gasteiger partial charge is 0.406 e. The molecule has 6 nitrogen and oxygen atoms in total. The monoisotopic (exact) mass is 312 g/mol. The van der Waals surface area contributed by atoms with Crippen LogP contribution in [0.5, 0.6) is 0 Å². The van der Waals surface area contributed by atoms with E-state index in [0.29, 0.717) is 4.90 Å². The summed E-state index contributed by atoms with van der Waals surface area (Å²) in [7, 11) is 0. The second-order valence-corrected chi connectivity index (χ2v) is 4.99. The van der Waals surface area contributed by atoms with Crippen molar-refractivity contribution >= 4 is 12.0 Å². The zero-order chi connectivity index (χ0) is 16.1. The summed E-state index contributed by atoms with van der Waals surface area (Å²) in [5.74, 6) is -1.08. The van der Waals surface area contributed by atoms with Crippen LogP contribution in [0.15, 0.2) is 0 Å². The zero-order valence-corrected chi connectivity index (χ0v) is 11.7. The molecule has 2 N–H and O–H groups in total. The first-order valence-corrected chi connectivity index (χ1v) is 6.61. The van der Waals surface area contributed by atoms with E-state index in [2.05, 4.69) is 5.32 Å². The van der Waals surface area contributed by atoms with Crippen LogP contribution in [0.25, 0.3) is 0 Å². The molecule has 0 aliphatic carbocycles. The Kier molecular flexibility index (Phi) is 5.82. The molecule has 0 aromatic carbocycles. The number of nitrogens with one attached hydrogen (secondary N) is 1. The molecule has 1 rings (SSSR count).